The standard InChI is InChI=1S/C16H14Cl2N2O/c1-10-14(17)5-12(6-15(10)18)16(21)20-8-13(9-20)11-3-2-4-19-7-11/h2-7,13H,8-9H2,1H3. The molecule has 2 heterocycles. The Kier molecular flexibility index (Phi) is 3.87. The van der Waals surface area contributed by atoms with E-state index in [2.05, 4.69) is 4.98 Å². The van der Waals surface area contributed by atoms with Crippen molar-refractivity contribution < 1.29 is 4.79 Å². The number of nitrogens with zero attached hydrogens (tertiary/aromatic N) is 2. The first kappa shape index (κ1) is 14.4. The molecule has 3 rings (SSSR count). The van der Waals surface area contributed by atoms with Gasteiger partial charge in [-0.3, -0.25) is 9.78 Å². The van der Waals surface area contributed by atoms with Gasteiger partial charge in [0.1, 0.15) is 0 Å². The smallest absolute Gasteiger partial charge is 0.253 e. The molecule has 1 aliphatic heterocycles. The molecule has 0 radical (unpaired) electrons. The van der Waals surface area contributed by atoms with E-state index in [1.54, 1.807) is 23.2 Å². The molecule has 1 fully saturated rings. The number of amides is 1. The molecule has 0 saturated carbocycles. The lowest BCUT2D eigenvalue weighted by Gasteiger charge is -2.39. The molecule has 0 aliphatic carbocycles. The largest absolute Gasteiger partial charge is 0.337 e. The summed E-state index contributed by atoms with van der Waals surface area (Å²) in [6.45, 7) is 3.24. The molecule has 21 heavy (non-hydrogen) atoms. The summed E-state index contributed by atoms with van der Waals surface area (Å²) >= 11 is 12.2. The fraction of sp³-hybridized carbons (Fsp3) is 0.250. The van der Waals surface area contributed by atoms with Crippen molar-refractivity contribution in [3.05, 3.63) is 63.4 Å². The molecule has 5 heteroatoms. The maximum absolute atomic E-state index is 12.4. The molecule has 0 N–H and O–H groups in total. The van der Waals surface area contributed by atoms with Crippen LogP contribution in [0.1, 0.15) is 27.4 Å². The van der Waals surface area contributed by atoms with Gasteiger partial charge in [0.15, 0.2) is 0 Å². The highest BCUT2D eigenvalue weighted by Gasteiger charge is 2.32. The van der Waals surface area contributed by atoms with Gasteiger partial charge in [0.25, 0.3) is 5.91 Å². The van der Waals surface area contributed by atoms with Gasteiger partial charge in [0.05, 0.1) is 0 Å². The van der Waals surface area contributed by atoms with E-state index in [1.807, 2.05) is 25.3 Å². The number of aromatic nitrogens is 1. The van der Waals surface area contributed by atoms with E-state index in [1.165, 1.54) is 5.56 Å². The first-order chi connectivity index (χ1) is 10.1. The third kappa shape index (κ3) is 2.76. The summed E-state index contributed by atoms with van der Waals surface area (Å²) in [5, 5.41) is 1.05. The lowest BCUT2D eigenvalue weighted by atomic mass is 9.92. The van der Waals surface area contributed by atoms with Crippen molar-refractivity contribution >= 4 is 29.1 Å². The molecule has 1 amide bonds. The van der Waals surface area contributed by atoms with Gasteiger partial charge in [-0.2, -0.15) is 0 Å². The summed E-state index contributed by atoms with van der Waals surface area (Å²) in [5.41, 5.74) is 2.51. The summed E-state index contributed by atoms with van der Waals surface area (Å²) in [6.07, 6.45) is 3.60. The summed E-state index contributed by atoms with van der Waals surface area (Å²) in [6, 6.07) is 7.32. The number of likely N-dealkylation sites (tertiary alicyclic amines) is 1. The fourth-order valence-electron chi connectivity index (χ4n) is 2.42. The Balaban J connectivity index is 1.71. The molecule has 2 aromatic rings. The fourth-order valence-corrected chi connectivity index (χ4v) is 2.91. The molecule has 1 aromatic heterocycles. The van der Waals surface area contributed by atoms with E-state index in [4.69, 9.17) is 23.2 Å². The van der Waals surface area contributed by atoms with Crippen LogP contribution in [0.15, 0.2) is 36.7 Å². The van der Waals surface area contributed by atoms with E-state index in [9.17, 15) is 4.79 Å². The SMILES string of the molecule is Cc1c(Cl)cc(C(=O)N2CC(c3cccnc3)C2)cc1Cl. The Morgan fingerprint density at radius 2 is 1.95 bits per heavy atom. The van der Waals surface area contributed by atoms with Crippen molar-refractivity contribution in [3.8, 4) is 0 Å². The van der Waals surface area contributed by atoms with Gasteiger partial charge in [-0.25, -0.2) is 0 Å². The number of pyridine rings is 1. The van der Waals surface area contributed by atoms with Crippen LogP contribution in [0.2, 0.25) is 10.0 Å². The molecule has 0 unspecified atom stereocenters. The minimum absolute atomic E-state index is 0.0288. The molecular weight excluding hydrogens is 307 g/mol. The van der Waals surface area contributed by atoms with Crippen LogP contribution >= 0.6 is 23.2 Å². The normalized spacial score (nSPS) is 14.9. The van der Waals surface area contributed by atoms with Gasteiger partial charge < -0.3 is 4.90 Å². The number of hydrogen-bond donors (Lipinski definition) is 0. The number of halogens is 2. The number of benzene rings is 1. The van der Waals surface area contributed by atoms with Crippen LogP contribution in [0, 0.1) is 6.92 Å². The van der Waals surface area contributed by atoms with Crippen molar-refractivity contribution in [2.24, 2.45) is 0 Å². The van der Waals surface area contributed by atoms with Crippen molar-refractivity contribution in [3.63, 3.8) is 0 Å². The monoisotopic (exact) mass is 320 g/mol. The van der Waals surface area contributed by atoms with Gasteiger partial charge in [-0.1, -0.05) is 29.3 Å². The van der Waals surface area contributed by atoms with Crippen molar-refractivity contribution in [2.75, 3.05) is 13.1 Å². The summed E-state index contributed by atoms with van der Waals surface area (Å²) < 4.78 is 0. The second kappa shape index (κ2) is 5.66. The lowest BCUT2D eigenvalue weighted by molar-refractivity contribution is 0.0602. The zero-order valence-electron chi connectivity index (χ0n) is 11.5. The molecule has 0 bridgehead atoms. The molecule has 0 atom stereocenters. The van der Waals surface area contributed by atoms with Crippen molar-refractivity contribution in [1.82, 2.24) is 9.88 Å². The highest BCUT2D eigenvalue weighted by atomic mass is 35.5. The molecule has 1 aliphatic rings. The van der Waals surface area contributed by atoms with Crippen LogP contribution < -0.4 is 0 Å². The van der Waals surface area contributed by atoms with Crippen molar-refractivity contribution in [2.45, 2.75) is 12.8 Å². The Morgan fingerprint density at radius 3 is 2.52 bits per heavy atom. The van der Waals surface area contributed by atoms with Crippen LogP contribution in [0.5, 0.6) is 0 Å². The van der Waals surface area contributed by atoms with Gasteiger partial charge >= 0.3 is 0 Å². The molecule has 3 nitrogen and oxygen atoms in total. The predicted molar refractivity (Wildman–Crippen MR) is 84.1 cm³/mol. The number of rotatable bonds is 2. The summed E-state index contributed by atoms with van der Waals surface area (Å²) in [4.78, 5) is 18.3. The zero-order chi connectivity index (χ0) is 15.0. The highest BCUT2D eigenvalue weighted by Crippen LogP contribution is 2.30. The minimum atomic E-state index is -0.0288. The summed E-state index contributed by atoms with van der Waals surface area (Å²) in [7, 11) is 0. The molecule has 0 spiro atoms. The third-order valence-electron chi connectivity index (χ3n) is 3.85. The Hall–Kier alpha value is -1.58. The van der Waals surface area contributed by atoms with Crippen LogP contribution in [0.3, 0.4) is 0 Å². The van der Waals surface area contributed by atoms with E-state index in [0.29, 0.717) is 34.6 Å². The van der Waals surface area contributed by atoms with E-state index < -0.39 is 0 Å². The first-order valence-electron chi connectivity index (χ1n) is 6.71. The van der Waals surface area contributed by atoms with Crippen LogP contribution in [0.4, 0.5) is 0 Å². The maximum atomic E-state index is 12.4. The third-order valence-corrected chi connectivity index (χ3v) is 4.64. The maximum Gasteiger partial charge on any atom is 0.253 e. The van der Waals surface area contributed by atoms with E-state index in [0.717, 1.165) is 5.56 Å². The molecule has 1 saturated heterocycles. The molecule has 108 valence electrons. The molecular formula is C16H14Cl2N2O. The topological polar surface area (TPSA) is 33.2 Å². The van der Waals surface area contributed by atoms with Crippen LogP contribution in [-0.4, -0.2) is 28.9 Å². The number of carbonyl (C=O) groups is 1. The summed E-state index contributed by atoms with van der Waals surface area (Å²) in [5.74, 6) is 0.331. The number of carbonyl (C=O) groups excluding carboxylic acids is 1. The Labute approximate surface area is 133 Å². The Bertz CT molecular complexity index is 659. The van der Waals surface area contributed by atoms with Crippen LogP contribution in [0.25, 0.3) is 0 Å². The Morgan fingerprint density at radius 1 is 1.29 bits per heavy atom. The van der Waals surface area contributed by atoms with E-state index >= 15 is 0 Å². The average Bonchev–Trinajstić information content (AvgIpc) is 2.43. The second-order valence-corrected chi connectivity index (χ2v) is 6.07. The molecule has 1 aromatic carbocycles. The highest BCUT2D eigenvalue weighted by molar-refractivity contribution is 6.36. The predicted octanol–water partition coefficient (Wildman–Crippen LogP) is 3.94. The minimum Gasteiger partial charge on any atom is -0.337 e. The van der Waals surface area contributed by atoms with Gasteiger partial charge in [-0.15, -0.1) is 0 Å². The lowest BCUT2D eigenvalue weighted by Crippen LogP contribution is -2.48. The van der Waals surface area contributed by atoms with Crippen LogP contribution in [-0.2, 0) is 0 Å². The van der Waals surface area contributed by atoms with Gasteiger partial charge in [-0.05, 0) is 36.2 Å². The van der Waals surface area contributed by atoms with E-state index in [-0.39, 0.29) is 5.91 Å². The zero-order valence-corrected chi connectivity index (χ0v) is 13.0. The quantitative estimate of drug-likeness (QED) is 0.839. The average molecular weight is 321 g/mol. The van der Waals surface area contributed by atoms with Crippen molar-refractivity contribution in [1.29, 1.82) is 0 Å². The first-order valence-corrected chi connectivity index (χ1v) is 7.46. The second-order valence-electron chi connectivity index (χ2n) is 5.26. The number of hydrogen-bond acceptors (Lipinski definition) is 2. The van der Waals surface area contributed by atoms with Gasteiger partial charge in [0, 0.05) is 47.0 Å². The van der Waals surface area contributed by atoms with Gasteiger partial charge in [0.2, 0.25) is 0 Å².